The number of carbonyl (C=O) groups excluding carboxylic acids is 1. The van der Waals surface area contributed by atoms with Crippen molar-refractivity contribution in [3.8, 4) is 0 Å². The van der Waals surface area contributed by atoms with E-state index in [0.717, 1.165) is 18.5 Å². The van der Waals surface area contributed by atoms with E-state index in [1.54, 1.807) is 7.11 Å². The molecule has 144 valence electrons. The Morgan fingerprint density at radius 1 is 1.19 bits per heavy atom. The molecule has 3 aromatic rings. The SMILES string of the molecule is COCCOC(=O)c1c(N)n(CCC[NH+](C)C)c2nc3ccccc3nc12. The number of quaternary nitrogens is 1. The first-order chi connectivity index (χ1) is 13.0. The van der Waals surface area contributed by atoms with E-state index in [1.165, 1.54) is 4.90 Å². The Kier molecular flexibility index (Phi) is 5.88. The van der Waals surface area contributed by atoms with Gasteiger partial charge in [0.15, 0.2) is 5.65 Å². The summed E-state index contributed by atoms with van der Waals surface area (Å²) in [5.41, 5.74) is 9.19. The minimum absolute atomic E-state index is 0.159. The summed E-state index contributed by atoms with van der Waals surface area (Å²) in [6.45, 7) is 2.12. The number of ether oxygens (including phenoxy) is 2. The molecule has 1 aromatic carbocycles. The fraction of sp³-hybridized carbons (Fsp3) is 0.421. The summed E-state index contributed by atoms with van der Waals surface area (Å²) in [6, 6.07) is 7.56. The summed E-state index contributed by atoms with van der Waals surface area (Å²) < 4.78 is 12.1. The smallest absolute Gasteiger partial charge is 0.344 e. The van der Waals surface area contributed by atoms with Gasteiger partial charge in [0, 0.05) is 20.1 Å². The summed E-state index contributed by atoms with van der Waals surface area (Å²) in [7, 11) is 5.75. The van der Waals surface area contributed by atoms with E-state index < -0.39 is 5.97 Å². The van der Waals surface area contributed by atoms with Crippen LogP contribution in [0.25, 0.3) is 22.2 Å². The molecule has 0 spiro atoms. The van der Waals surface area contributed by atoms with Gasteiger partial charge in [0.25, 0.3) is 0 Å². The first-order valence-corrected chi connectivity index (χ1v) is 9.02. The van der Waals surface area contributed by atoms with Gasteiger partial charge in [0.1, 0.15) is 23.5 Å². The first kappa shape index (κ1) is 19.1. The predicted molar refractivity (Wildman–Crippen MR) is 104 cm³/mol. The van der Waals surface area contributed by atoms with Crippen LogP contribution >= 0.6 is 0 Å². The summed E-state index contributed by atoms with van der Waals surface area (Å²) in [6.07, 6.45) is 0.906. The highest BCUT2D eigenvalue weighted by Crippen LogP contribution is 2.28. The maximum Gasteiger partial charge on any atom is 0.344 e. The third-order valence-electron chi connectivity index (χ3n) is 4.37. The molecule has 3 rings (SSSR count). The fourth-order valence-electron chi connectivity index (χ4n) is 3.03. The van der Waals surface area contributed by atoms with Crippen LogP contribution in [0.5, 0.6) is 0 Å². The number of anilines is 1. The Labute approximate surface area is 157 Å². The Balaban J connectivity index is 2.07. The number of hydrogen-bond acceptors (Lipinski definition) is 6. The number of hydrogen-bond donors (Lipinski definition) is 2. The Hall–Kier alpha value is -2.71. The number of nitrogens with one attached hydrogen (secondary N) is 1. The fourth-order valence-corrected chi connectivity index (χ4v) is 3.03. The van der Waals surface area contributed by atoms with Crippen LogP contribution < -0.4 is 10.6 Å². The molecule has 8 nitrogen and oxygen atoms in total. The standard InChI is InChI=1S/C19H25N5O3/c1-23(2)9-6-10-24-17(20)15(19(25)27-12-11-26-3)16-18(24)22-14-8-5-4-7-13(14)21-16/h4-5,7-8H,6,9-12,20H2,1-3H3/p+1. The summed E-state index contributed by atoms with van der Waals surface area (Å²) in [5, 5.41) is 0. The normalized spacial score (nSPS) is 11.6. The van der Waals surface area contributed by atoms with E-state index in [9.17, 15) is 4.79 Å². The van der Waals surface area contributed by atoms with E-state index in [0.29, 0.717) is 35.7 Å². The van der Waals surface area contributed by atoms with E-state index >= 15 is 0 Å². The zero-order chi connectivity index (χ0) is 19.4. The van der Waals surface area contributed by atoms with Gasteiger partial charge in [-0.2, -0.15) is 0 Å². The number of nitrogen functional groups attached to an aromatic ring is 1. The first-order valence-electron chi connectivity index (χ1n) is 9.02. The second-order valence-electron chi connectivity index (χ2n) is 6.74. The van der Waals surface area contributed by atoms with Gasteiger partial charge in [-0.05, 0) is 12.1 Å². The van der Waals surface area contributed by atoms with Crippen LogP contribution in [0.15, 0.2) is 24.3 Å². The number of aromatic nitrogens is 3. The van der Waals surface area contributed by atoms with Gasteiger partial charge in [-0.1, -0.05) is 12.1 Å². The summed E-state index contributed by atoms with van der Waals surface area (Å²) in [4.78, 5) is 23.4. The number of benzene rings is 1. The van der Waals surface area contributed by atoms with Gasteiger partial charge in [-0.3, -0.25) is 0 Å². The number of para-hydroxylation sites is 2. The van der Waals surface area contributed by atoms with Crippen LogP contribution in [0, 0.1) is 0 Å². The third-order valence-corrected chi connectivity index (χ3v) is 4.37. The molecule has 0 fully saturated rings. The van der Waals surface area contributed by atoms with Crippen molar-refractivity contribution in [1.29, 1.82) is 0 Å². The number of nitrogens with two attached hydrogens (primary N) is 1. The number of carbonyl (C=O) groups is 1. The number of rotatable bonds is 8. The van der Waals surface area contributed by atoms with Crippen LogP contribution in [0.3, 0.4) is 0 Å². The topological polar surface area (TPSA) is 96.7 Å². The second kappa shape index (κ2) is 8.32. The number of esters is 1. The van der Waals surface area contributed by atoms with Crippen molar-refractivity contribution in [1.82, 2.24) is 14.5 Å². The molecule has 3 N–H and O–H groups in total. The molecule has 0 bridgehead atoms. The molecule has 2 heterocycles. The minimum Gasteiger partial charge on any atom is -0.459 e. The van der Waals surface area contributed by atoms with Crippen LogP contribution in [0.2, 0.25) is 0 Å². The largest absolute Gasteiger partial charge is 0.459 e. The van der Waals surface area contributed by atoms with E-state index in [2.05, 4.69) is 19.1 Å². The highest BCUT2D eigenvalue weighted by atomic mass is 16.6. The molecule has 0 unspecified atom stereocenters. The van der Waals surface area contributed by atoms with Gasteiger partial charge < -0.3 is 24.7 Å². The molecule has 0 aliphatic heterocycles. The highest BCUT2D eigenvalue weighted by molar-refractivity contribution is 6.08. The molecule has 0 atom stereocenters. The predicted octanol–water partition coefficient (Wildman–Crippen LogP) is 0.505. The van der Waals surface area contributed by atoms with Crippen molar-refractivity contribution in [3.63, 3.8) is 0 Å². The minimum atomic E-state index is -0.504. The highest BCUT2D eigenvalue weighted by Gasteiger charge is 2.25. The van der Waals surface area contributed by atoms with Crippen molar-refractivity contribution >= 4 is 34.0 Å². The van der Waals surface area contributed by atoms with E-state index in [4.69, 9.17) is 20.2 Å². The third kappa shape index (κ3) is 4.01. The van der Waals surface area contributed by atoms with E-state index in [1.807, 2.05) is 28.8 Å². The molecule has 0 amide bonds. The van der Waals surface area contributed by atoms with Gasteiger partial charge in [0.05, 0.1) is 38.3 Å². The number of methoxy groups -OCH3 is 1. The Morgan fingerprint density at radius 2 is 1.89 bits per heavy atom. The average Bonchev–Trinajstić information content (AvgIpc) is 2.91. The van der Waals surface area contributed by atoms with Crippen molar-refractivity contribution in [3.05, 3.63) is 29.8 Å². The average molecular weight is 372 g/mol. The lowest BCUT2D eigenvalue weighted by molar-refractivity contribution is -0.858. The lowest BCUT2D eigenvalue weighted by atomic mass is 10.2. The molecule has 0 radical (unpaired) electrons. The van der Waals surface area contributed by atoms with Gasteiger partial charge >= 0.3 is 5.97 Å². The van der Waals surface area contributed by atoms with Crippen LogP contribution in [0.4, 0.5) is 5.82 Å². The maximum atomic E-state index is 12.6. The zero-order valence-electron chi connectivity index (χ0n) is 16.0. The molecular weight excluding hydrogens is 346 g/mol. The number of aryl methyl sites for hydroxylation is 1. The molecule has 2 aromatic heterocycles. The van der Waals surface area contributed by atoms with Crippen LogP contribution in [-0.4, -0.2) is 61.5 Å². The van der Waals surface area contributed by atoms with E-state index in [-0.39, 0.29) is 12.2 Å². The van der Waals surface area contributed by atoms with Gasteiger partial charge in [-0.15, -0.1) is 0 Å². The molecule has 0 aliphatic carbocycles. The summed E-state index contributed by atoms with van der Waals surface area (Å²) >= 11 is 0. The maximum absolute atomic E-state index is 12.6. The van der Waals surface area contributed by atoms with Crippen LogP contribution in [-0.2, 0) is 16.0 Å². The second-order valence-corrected chi connectivity index (χ2v) is 6.74. The number of nitrogens with zero attached hydrogens (tertiary/aromatic N) is 3. The van der Waals surface area contributed by atoms with Crippen molar-refractivity contribution in [2.24, 2.45) is 0 Å². The van der Waals surface area contributed by atoms with Crippen molar-refractivity contribution in [2.45, 2.75) is 13.0 Å². The molecular formula is C19H26N5O3+. The lowest BCUT2D eigenvalue weighted by Gasteiger charge is -2.10. The number of fused-ring (bicyclic) bond motifs is 2. The van der Waals surface area contributed by atoms with Crippen molar-refractivity contribution < 1.29 is 19.2 Å². The summed E-state index contributed by atoms with van der Waals surface area (Å²) in [5.74, 6) is -0.160. The molecule has 8 heteroatoms. The molecule has 0 aliphatic rings. The van der Waals surface area contributed by atoms with Crippen LogP contribution in [0.1, 0.15) is 16.8 Å². The van der Waals surface area contributed by atoms with Gasteiger partial charge in [-0.25, -0.2) is 14.8 Å². The zero-order valence-corrected chi connectivity index (χ0v) is 16.0. The van der Waals surface area contributed by atoms with Gasteiger partial charge in [0.2, 0.25) is 0 Å². The monoisotopic (exact) mass is 372 g/mol. The van der Waals surface area contributed by atoms with Crippen molar-refractivity contribution in [2.75, 3.05) is 46.7 Å². The Morgan fingerprint density at radius 3 is 2.56 bits per heavy atom. The molecule has 0 saturated heterocycles. The molecule has 27 heavy (non-hydrogen) atoms. The molecule has 0 saturated carbocycles. The lowest BCUT2D eigenvalue weighted by Crippen LogP contribution is -3.05. The quantitative estimate of drug-likeness (QED) is 0.442. The Bertz CT molecular complexity index is 951.